The molecule has 7 nitrogen and oxygen atoms in total. The molecule has 1 aromatic rings. The fraction of sp³-hybridized carbons (Fsp3) is 0.588. The van der Waals surface area contributed by atoms with E-state index in [4.69, 9.17) is 9.47 Å². The molecular formula is C17H24N2O5S. The molecule has 3 rings (SSSR count). The molecule has 0 unspecified atom stereocenters. The van der Waals surface area contributed by atoms with Gasteiger partial charge in [-0.05, 0) is 37.8 Å². The standard InChI is InChI=1S/C17H24N2O5S/c1-23-15-8-7-14(10-16(15)24-2)25(21,22)19-9-3-4-12(11-19)17(20)18-13-5-6-13/h7-8,10,12-13H,3-6,9,11H2,1-2H3,(H,18,20)/t12-/m0/s1. The number of carbonyl (C=O) groups excluding carboxylic acids is 1. The van der Waals surface area contributed by atoms with E-state index in [1.54, 1.807) is 6.07 Å². The number of ether oxygens (including phenoxy) is 2. The Kier molecular flexibility index (Phi) is 5.19. The van der Waals surface area contributed by atoms with E-state index in [0.717, 1.165) is 19.3 Å². The second kappa shape index (κ2) is 7.21. The van der Waals surface area contributed by atoms with Crippen molar-refractivity contribution in [3.63, 3.8) is 0 Å². The Hall–Kier alpha value is -1.80. The number of methoxy groups -OCH3 is 2. The Bertz CT molecular complexity index is 745. The van der Waals surface area contributed by atoms with Gasteiger partial charge in [-0.15, -0.1) is 0 Å². The number of sulfonamides is 1. The highest BCUT2D eigenvalue weighted by Crippen LogP contribution is 2.32. The highest BCUT2D eigenvalue weighted by atomic mass is 32.2. The van der Waals surface area contributed by atoms with Crippen LogP contribution in [0.25, 0.3) is 0 Å². The third kappa shape index (κ3) is 3.90. The third-order valence-corrected chi connectivity index (χ3v) is 6.53. The van der Waals surface area contributed by atoms with Crippen LogP contribution in [0.3, 0.4) is 0 Å². The summed E-state index contributed by atoms with van der Waals surface area (Å²) in [5, 5.41) is 2.97. The minimum atomic E-state index is -3.68. The van der Waals surface area contributed by atoms with Crippen LogP contribution in [-0.4, -0.2) is 52.0 Å². The Morgan fingerprint density at radius 2 is 1.88 bits per heavy atom. The molecule has 1 heterocycles. The predicted octanol–water partition coefficient (Wildman–Crippen LogP) is 1.38. The maximum absolute atomic E-state index is 13.0. The highest BCUT2D eigenvalue weighted by Gasteiger charge is 2.35. The summed E-state index contributed by atoms with van der Waals surface area (Å²) in [6, 6.07) is 4.82. The number of carbonyl (C=O) groups is 1. The van der Waals surface area contributed by atoms with E-state index in [-0.39, 0.29) is 29.3 Å². The van der Waals surface area contributed by atoms with Gasteiger partial charge in [0.05, 0.1) is 25.0 Å². The molecule has 1 saturated carbocycles. The largest absolute Gasteiger partial charge is 0.493 e. The summed E-state index contributed by atoms with van der Waals surface area (Å²) < 4.78 is 37.7. The van der Waals surface area contributed by atoms with E-state index in [1.807, 2.05) is 0 Å². The average molecular weight is 368 g/mol. The Morgan fingerprint density at radius 1 is 1.16 bits per heavy atom. The normalized spacial score (nSPS) is 21.6. The lowest BCUT2D eigenvalue weighted by Gasteiger charge is -2.31. The number of rotatable bonds is 6. The first kappa shape index (κ1) is 18.0. The summed E-state index contributed by atoms with van der Waals surface area (Å²) in [7, 11) is -0.716. The quantitative estimate of drug-likeness (QED) is 0.820. The molecule has 8 heteroatoms. The first-order valence-corrected chi connectivity index (χ1v) is 9.92. The van der Waals surface area contributed by atoms with Gasteiger partial charge in [-0.2, -0.15) is 4.31 Å². The molecule has 1 atom stereocenters. The van der Waals surface area contributed by atoms with Crippen LogP contribution in [0, 0.1) is 5.92 Å². The van der Waals surface area contributed by atoms with Gasteiger partial charge in [0, 0.05) is 25.2 Å². The molecule has 1 aromatic carbocycles. The van der Waals surface area contributed by atoms with E-state index in [0.29, 0.717) is 24.5 Å². The molecule has 0 bridgehead atoms. The van der Waals surface area contributed by atoms with E-state index >= 15 is 0 Å². The number of amides is 1. The zero-order valence-electron chi connectivity index (χ0n) is 14.5. The lowest BCUT2D eigenvalue weighted by atomic mass is 9.99. The van der Waals surface area contributed by atoms with Crippen molar-refractivity contribution in [2.45, 2.75) is 36.6 Å². The Morgan fingerprint density at radius 3 is 2.52 bits per heavy atom. The first-order valence-electron chi connectivity index (χ1n) is 8.48. The molecular weight excluding hydrogens is 344 g/mol. The predicted molar refractivity (Wildman–Crippen MR) is 92.2 cm³/mol. The van der Waals surface area contributed by atoms with Crippen LogP contribution < -0.4 is 14.8 Å². The topological polar surface area (TPSA) is 84.9 Å². The molecule has 1 aliphatic heterocycles. The van der Waals surface area contributed by atoms with Crippen LogP contribution in [0.15, 0.2) is 23.1 Å². The van der Waals surface area contributed by atoms with Crippen molar-refractivity contribution >= 4 is 15.9 Å². The monoisotopic (exact) mass is 368 g/mol. The molecule has 0 spiro atoms. The van der Waals surface area contributed by atoms with E-state index in [2.05, 4.69) is 5.32 Å². The van der Waals surface area contributed by atoms with Gasteiger partial charge in [-0.25, -0.2) is 8.42 Å². The van der Waals surface area contributed by atoms with Crippen molar-refractivity contribution in [2.75, 3.05) is 27.3 Å². The number of nitrogens with one attached hydrogen (secondary N) is 1. The van der Waals surface area contributed by atoms with Crippen molar-refractivity contribution in [3.05, 3.63) is 18.2 Å². The highest BCUT2D eigenvalue weighted by molar-refractivity contribution is 7.89. The molecule has 138 valence electrons. The summed E-state index contributed by atoms with van der Waals surface area (Å²) in [6.45, 7) is 0.638. The first-order chi connectivity index (χ1) is 12.0. The van der Waals surface area contributed by atoms with Gasteiger partial charge in [0.1, 0.15) is 0 Å². The lowest BCUT2D eigenvalue weighted by Crippen LogP contribution is -2.45. The van der Waals surface area contributed by atoms with Crippen LogP contribution in [0.2, 0.25) is 0 Å². The zero-order valence-corrected chi connectivity index (χ0v) is 15.3. The summed E-state index contributed by atoms with van der Waals surface area (Å²) in [6.07, 6.45) is 3.43. The minimum absolute atomic E-state index is 0.0327. The van der Waals surface area contributed by atoms with Gasteiger partial charge < -0.3 is 14.8 Å². The van der Waals surface area contributed by atoms with Crippen molar-refractivity contribution < 1.29 is 22.7 Å². The van der Waals surface area contributed by atoms with Crippen molar-refractivity contribution in [1.82, 2.24) is 9.62 Å². The number of hydrogen-bond acceptors (Lipinski definition) is 5. The molecule has 1 aliphatic carbocycles. The molecule has 0 aromatic heterocycles. The van der Waals surface area contributed by atoms with Gasteiger partial charge in [0.25, 0.3) is 0 Å². The molecule has 2 fully saturated rings. The van der Waals surface area contributed by atoms with Gasteiger partial charge >= 0.3 is 0 Å². The average Bonchev–Trinajstić information content (AvgIpc) is 3.45. The number of hydrogen-bond donors (Lipinski definition) is 1. The fourth-order valence-electron chi connectivity index (χ4n) is 3.05. The maximum Gasteiger partial charge on any atom is 0.243 e. The summed E-state index contributed by atoms with van der Waals surface area (Å²) in [5.74, 6) is 0.518. The molecule has 1 amide bonds. The smallest absolute Gasteiger partial charge is 0.243 e. The third-order valence-electron chi connectivity index (χ3n) is 4.67. The minimum Gasteiger partial charge on any atom is -0.493 e. The fourth-order valence-corrected chi connectivity index (χ4v) is 4.59. The van der Waals surface area contributed by atoms with E-state index < -0.39 is 10.0 Å². The maximum atomic E-state index is 13.0. The molecule has 1 N–H and O–H groups in total. The Balaban J connectivity index is 1.77. The van der Waals surface area contributed by atoms with Gasteiger partial charge in [0.2, 0.25) is 15.9 Å². The molecule has 2 aliphatic rings. The van der Waals surface area contributed by atoms with E-state index in [9.17, 15) is 13.2 Å². The van der Waals surface area contributed by atoms with Crippen LogP contribution in [0.1, 0.15) is 25.7 Å². The SMILES string of the molecule is COc1ccc(S(=O)(=O)N2CCC[C@H](C(=O)NC3CC3)C2)cc1OC. The van der Waals surface area contributed by atoms with Crippen molar-refractivity contribution in [1.29, 1.82) is 0 Å². The van der Waals surface area contributed by atoms with Crippen LogP contribution in [0.4, 0.5) is 0 Å². The van der Waals surface area contributed by atoms with Gasteiger partial charge in [0.15, 0.2) is 11.5 Å². The summed E-state index contributed by atoms with van der Waals surface area (Å²) in [4.78, 5) is 12.4. The van der Waals surface area contributed by atoms with Crippen LogP contribution in [0.5, 0.6) is 11.5 Å². The van der Waals surface area contributed by atoms with Crippen molar-refractivity contribution in [2.24, 2.45) is 5.92 Å². The van der Waals surface area contributed by atoms with E-state index in [1.165, 1.54) is 30.7 Å². The Labute approximate surface area is 148 Å². The lowest BCUT2D eigenvalue weighted by molar-refractivity contribution is -0.126. The second-order valence-electron chi connectivity index (χ2n) is 6.50. The number of nitrogens with zero attached hydrogens (tertiary/aromatic N) is 1. The second-order valence-corrected chi connectivity index (χ2v) is 8.44. The zero-order chi connectivity index (χ0) is 18.0. The van der Waals surface area contributed by atoms with Crippen LogP contribution in [-0.2, 0) is 14.8 Å². The van der Waals surface area contributed by atoms with Crippen molar-refractivity contribution in [3.8, 4) is 11.5 Å². The van der Waals surface area contributed by atoms with Gasteiger partial charge in [-0.1, -0.05) is 0 Å². The number of piperidine rings is 1. The number of benzene rings is 1. The summed E-state index contributed by atoms with van der Waals surface area (Å²) in [5.41, 5.74) is 0. The molecule has 25 heavy (non-hydrogen) atoms. The summed E-state index contributed by atoms with van der Waals surface area (Å²) >= 11 is 0. The molecule has 0 radical (unpaired) electrons. The molecule has 1 saturated heterocycles. The van der Waals surface area contributed by atoms with Crippen LogP contribution >= 0.6 is 0 Å². The van der Waals surface area contributed by atoms with Gasteiger partial charge in [-0.3, -0.25) is 4.79 Å².